The van der Waals surface area contributed by atoms with Crippen LogP contribution in [0.2, 0.25) is 0 Å². The Morgan fingerprint density at radius 2 is 1.22 bits per heavy atom. The third-order valence-electron chi connectivity index (χ3n) is 2.69. The van der Waals surface area contributed by atoms with E-state index in [1.54, 1.807) is 36.4 Å². The molecule has 2 aromatic rings. The first-order chi connectivity index (χ1) is 8.57. The molecule has 0 saturated carbocycles. The molecule has 0 saturated heterocycles. The van der Waals surface area contributed by atoms with E-state index in [4.69, 9.17) is 0 Å². The molecule has 0 spiro atoms. The average Bonchev–Trinajstić information content (AvgIpc) is 2.34. The first-order valence-electron chi connectivity index (χ1n) is 5.30. The number of fused-ring (bicyclic) bond motifs is 2. The molecule has 18 heavy (non-hydrogen) atoms. The van der Waals surface area contributed by atoms with Crippen molar-refractivity contribution in [3.05, 3.63) is 48.5 Å². The molecule has 0 bridgehead atoms. The van der Waals surface area contributed by atoms with Crippen LogP contribution >= 0.6 is 0 Å². The van der Waals surface area contributed by atoms with E-state index < -0.39 is 6.30 Å². The monoisotopic (exact) mass is 315 g/mol. The van der Waals surface area contributed by atoms with Gasteiger partial charge in [0.2, 0.25) is 0 Å². The van der Waals surface area contributed by atoms with E-state index in [9.17, 15) is 13.2 Å². The van der Waals surface area contributed by atoms with Gasteiger partial charge in [0.15, 0.2) is 0 Å². The molecule has 0 N–H and O–H groups in total. The van der Waals surface area contributed by atoms with E-state index in [-0.39, 0.29) is 26.3 Å². The molecule has 3 rings (SSSR count). The van der Waals surface area contributed by atoms with Crippen LogP contribution in [0.15, 0.2) is 48.5 Å². The van der Waals surface area contributed by atoms with Crippen LogP contribution in [0.25, 0.3) is 0 Å². The minimum absolute atomic E-state index is 0.0745. The zero-order valence-corrected chi connectivity index (χ0v) is 10.8. The van der Waals surface area contributed by atoms with Gasteiger partial charge in [0, 0.05) is 0 Å². The summed E-state index contributed by atoms with van der Waals surface area (Å²) in [6.07, 6.45) is -4.40. The topological polar surface area (TPSA) is 3.24 Å². The molecule has 1 aliphatic heterocycles. The van der Waals surface area contributed by atoms with Gasteiger partial charge in [-0.05, 0) is 0 Å². The fourth-order valence-electron chi connectivity index (χ4n) is 1.98. The normalized spacial score (nSPS) is 14.1. The van der Waals surface area contributed by atoms with Crippen molar-refractivity contribution >= 4 is 35.3 Å². The summed E-state index contributed by atoms with van der Waals surface area (Å²) in [4.78, 5) is 0.475. The first kappa shape index (κ1) is 11.6. The summed E-state index contributed by atoms with van der Waals surface area (Å²) in [5.74, 6) is 0. The predicted molar refractivity (Wildman–Crippen MR) is 66.1 cm³/mol. The number of nitrogens with zero attached hydrogens (tertiary/aromatic N) is 1. The molecular formula is C13H8F3NSe. The van der Waals surface area contributed by atoms with E-state index in [0.29, 0.717) is 4.90 Å². The molecule has 2 aromatic carbocycles. The summed E-state index contributed by atoms with van der Waals surface area (Å²) in [5, 5.41) is 0. The second-order valence-corrected chi connectivity index (χ2v) is 6.11. The van der Waals surface area contributed by atoms with Gasteiger partial charge in [0.1, 0.15) is 0 Å². The van der Waals surface area contributed by atoms with Crippen molar-refractivity contribution in [2.75, 3.05) is 4.90 Å². The van der Waals surface area contributed by atoms with Crippen molar-refractivity contribution in [2.45, 2.75) is 6.30 Å². The Morgan fingerprint density at radius 3 is 1.67 bits per heavy atom. The molecule has 0 aromatic heterocycles. The molecule has 0 radical (unpaired) electrons. The van der Waals surface area contributed by atoms with Gasteiger partial charge in [-0.1, -0.05) is 0 Å². The van der Waals surface area contributed by atoms with Gasteiger partial charge in [0.05, 0.1) is 0 Å². The van der Waals surface area contributed by atoms with Gasteiger partial charge < -0.3 is 0 Å². The van der Waals surface area contributed by atoms with Crippen molar-refractivity contribution in [1.82, 2.24) is 0 Å². The summed E-state index contributed by atoms with van der Waals surface area (Å²) >= 11 is -0.0745. The van der Waals surface area contributed by atoms with Crippen LogP contribution in [-0.2, 0) is 0 Å². The Kier molecular flexibility index (Phi) is 2.61. The van der Waals surface area contributed by atoms with Gasteiger partial charge in [-0.25, -0.2) is 0 Å². The number of alkyl halides is 3. The Bertz CT molecular complexity index is 549. The van der Waals surface area contributed by atoms with E-state index in [0.717, 1.165) is 8.92 Å². The quantitative estimate of drug-likeness (QED) is 0.533. The molecule has 0 aliphatic carbocycles. The zero-order chi connectivity index (χ0) is 12.8. The van der Waals surface area contributed by atoms with Gasteiger partial charge in [-0.15, -0.1) is 0 Å². The molecular weight excluding hydrogens is 306 g/mol. The number of hydrogen-bond donors (Lipinski definition) is 0. The maximum absolute atomic E-state index is 13.2. The van der Waals surface area contributed by atoms with Crippen LogP contribution < -0.4 is 13.8 Å². The number of anilines is 2. The van der Waals surface area contributed by atoms with Gasteiger partial charge in [-0.2, -0.15) is 0 Å². The standard InChI is InChI=1S/C13H8F3NSe/c14-13(15,16)17-9-5-1-3-7-11(9)18-12-8-4-2-6-10(12)17/h1-8H. The van der Waals surface area contributed by atoms with Gasteiger partial charge >= 0.3 is 108 Å². The molecule has 92 valence electrons. The Morgan fingerprint density at radius 1 is 0.778 bits per heavy atom. The van der Waals surface area contributed by atoms with Crippen LogP contribution in [-0.4, -0.2) is 21.3 Å². The van der Waals surface area contributed by atoms with E-state index in [1.165, 1.54) is 12.1 Å². The van der Waals surface area contributed by atoms with Crippen molar-refractivity contribution in [3.63, 3.8) is 0 Å². The van der Waals surface area contributed by atoms with Crippen LogP contribution in [0.4, 0.5) is 24.5 Å². The SMILES string of the molecule is FC(F)(F)N1c2ccccc2[Se]c2ccccc21. The fourth-order valence-corrected chi connectivity index (χ4v) is 4.20. The average molecular weight is 314 g/mol. The van der Waals surface area contributed by atoms with E-state index in [1.807, 2.05) is 0 Å². The van der Waals surface area contributed by atoms with Gasteiger partial charge in [0.25, 0.3) is 0 Å². The van der Waals surface area contributed by atoms with Gasteiger partial charge in [-0.3, -0.25) is 0 Å². The van der Waals surface area contributed by atoms with E-state index >= 15 is 0 Å². The molecule has 1 aliphatic rings. The Labute approximate surface area is 108 Å². The number of para-hydroxylation sites is 2. The van der Waals surface area contributed by atoms with Crippen LogP contribution in [0.3, 0.4) is 0 Å². The van der Waals surface area contributed by atoms with Crippen LogP contribution in [0, 0.1) is 0 Å². The fraction of sp³-hybridized carbons (Fsp3) is 0.0769. The number of benzene rings is 2. The summed E-state index contributed by atoms with van der Waals surface area (Å²) < 4.78 is 41.2. The molecule has 0 atom stereocenters. The Hall–Kier alpha value is -1.45. The predicted octanol–water partition coefficient (Wildman–Crippen LogP) is 2.31. The molecule has 1 nitrogen and oxygen atoms in total. The Balaban J connectivity index is 2.24. The van der Waals surface area contributed by atoms with Crippen molar-refractivity contribution in [2.24, 2.45) is 0 Å². The number of hydrogen-bond acceptors (Lipinski definition) is 1. The summed E-state index contributed by atoms with van der Waals surface area (Å²) in [5.41, 5.74) is 0.507. The van der Waals surface area contributed by atoms with Crippen LogP contribution in [0.1, 0.15) is 0 Å². The molecule has 0 unspecified atom stereocenters. The third-order valence-corrected chi connectivity index (χ3v) is 5.06. The molecule has 0 fully saturated rings. The second kappa shape index (κ2) is 4.04. The minimum atomic E-state index is -4.40. The molecule has 0 amide bonds. The van der Waals surface area contributed by atoms with Crippen molar-refractivity contribution < 1.29 is 13.2 Å². The third kappa shape index (κ3) is 1.80. The molecule has 1 heterocycles. The van der Waals surface area contributed by atoms with Crippen molar-refractivity contribution in [1.29, 1.82) is 0 Å². The summed E-state index contributed by atoms with van der Waals surface area (Å²) in [6, 6.07) is 13.4. The summed E-state index contributed by atoms with van der Waals surface area (Å²) in [7, 11) is 0. The number of halogens is 3. The van der Waals surface area contributed by atoms with E-state index in [2.05, 4.69) is 0 Å². The first-order valence-corrected chi connectivity index (χ1v) is 7.01. The number of rotatable bonds is 0. The summed E-state index contributed by atoms with van der Waals surface area (Å²) in [6.45, 7) is 0. The second-order valence-electron chi connectivity index (χ2n) is 3.84. The zero-order valence-electron chi connectivity index (χ0n) is 9.11. The van der Waals surface area contributed by atoms with Crippen LogP contribution in [0.5, 0.6) is 0 Å². The van der Waals surface area contributed by atoms with Crippen molar-refractivity contribution in [3.8, 4) is 0 Å². The maximum atomic E-state index is 13.2. The molecule has 5 heteroatoms.